The minimum atomic E-state index is -1.39. The highest BCUT2D eigenvalue weighted by atomic mass is 79.9. The van der Waals surface area contributed by atoms with Gasteiger partial charge in [0, 0.05) is 5.33 Å². The zero-order valence-electron chi connectivity index (χ0n) is 9.01. The fourth-order valence-corrected chi connectivity index (χ4v) is 2.26. The van der Waals surface area contributed by atoms with E-state index in [-0.39, 0.29) is 0 Å². The van der Waals surface area contributed by atoms with E-state index in [0.717, 1.165) is 11.9 Å². The van der Waals surface area contributed by atoms with Crippen LogP contribution < -0.4 is 0 Å². The Labute approximate surface area is 95.7 Å². The SMILES string of the molecule is C[Si](C)(C)OCc1ccccc1CBr. The van der Waals surface area contributed by atoms with Crippen LogP contribution in [0.1, 0.15) is 11.1 Å². The van der Waals surface area contributed by atoms with Crippen LogP contribution >= 0.6 is 15.9 Å². The number of benzene rings is 1. The summed E-state index contributed by atoms with van der Waals surface area (Å²) in [5.74, 6) is 0. The maximum Gasteiger partial charge on any atom is 0.184 e. The Morgan fingerprint density at radius 1 is 1.14 bits per heavy atom. The van der Waals surface area contributed by atoms with Crippen molar-refractivity contribution in [2.24, 2.45) is 0 Å². The first-order valence-electron chi connectivity index (χ1n) is 4.79. The van der Waals surface area contributed by atoms with E-state index in [4.69, 9.17) is 4.43 Å². The summed E-state index contributed by atoms with van der Waals surface area (Å²) in [7, 11) is -1.39. The molecule has 0 fully saturated rings. The highest BCUT2D eigenvalue weighted by molar-refractivity contribution is 9.08. The Morgan fingerprint density at radius 2 is 1.71 bits per heavy atom. The third kappa shape index (κ3) is 3.94. The third-order valence-electron chi connectivity index (χ3n) is 1.92. The number of hydrogen-bond donors (Lipinski definition) is 0. The molecule has 0 N–H and O–H groups in total. The van der Waals surface area contributed by atoms with Gasteiger partial charge >= 0.3 is 0 Å². The molecule has 0 unspecified atom stereocenters. The van der Waals surface area contributed by atoms with Gasteiger partial charge in [-0.2, -0.15) is 0 Å². The number of halogens is 1. The van der Waals surface area contributed by atoms with Crippen LogP contribution in [0.4, 0.5) is 0 Å². The van der Waals surface area contributed by atoms with E-state index in [1.165, 1.54) is 11.1 Å². The van der Waals surface area contributed by atoms with E-state index in [1.54, 1.807) is 0 Å². The summed E-state index contributed by atoms with van der Waals surface area (Å²) in [4.78, 5) is 0. The van der Waals surface area contributed by atoms with Gasteiger partial charge in [0.15, 0.2) is 8.32 Å². The molecule has 0 saturated heterocycles. The van der Waals surface area contributed by atoms with Gasteiger partial charge in [-0.05, 0) is 30.8 Å². The maximum atomic E-state index is 5.88. The molecule has 14 heavy (non-hydrogen) atoms. The zero-order chi connectivity index (χ0) is 10.6. The molecule has 0 aliphatic heterocycles. The summed E-state index contributed by atoms with van der Waals surface area (Å²) in [5.41, 5.74) is 2.62. The van der Waals surface area contributed by atoms with Gasteiger partial charge in [-0.1, -0.05) is 40.2 Å². The molecule has 0 bridgehead atoms. The van der Waals surface area contributed by atoms with Crippen molar-refractivity contribution in [1.29, 1.82) is 0 Å². The normalized spacial score (nSPS) is 11.7. The van der Waals surface area contributed by atoms with Crippen LogP contribution in [0.3, 0.4) is 0 Å². The largest absolute Gasteiger partial charge is 0.413 e. The van der Waals surface area contributed by atoms with E-state index < -0.39 is 8.32 Å². The molecule has 0 amide bonds. The third-order valence-corrected chi connectivity index (χ3v) is 3.54. The topological polar surface area (TPSA) is 9.23 Å². The molecule has 1 nitrogen and oxygen atoms in total. The second-order valence-corrected chi connectivity index (χ2v) is 9.38. The van der Waals surface area contributed by atoms with Crippen molar-refractivity contribution >= 4 is 24.2 Å². The molecule has 0 aliphatic rings. The second-order valence-electron chi connectivity index (χ2n) is 4.30. The van der Waals surface area contributed by atoms with Crippen molar-refractivity contribution in [2.75, 3.05) is 0 Å². The van der Waals surface area contributed by atoms with Crippen LogP contribution in [0.5, 0.6) is 0 Å². The summed E-state index contributed by atoms with van der Waals surface area (Å²) in [6.07, 6.45) is 0. The molecule has 3 heteroatoms. The summed E-state index contributed by atoms with van der Waals surface area (Å²) < 4.78 is 5.88. The van der Waals surface area contributed by atoms with Gasteiger partial charge < -0.3 is 4.43 Å². The van der Waals surface area contributed by atoms with E-state index in [2.05, 4.69) is 59.8 Å². The van der Waals surface area contributed by atoms with E-state index in [0.29, 0.717) is 0 Å². The number of hydrogen-bond acceptors (Lipinski definition) is 1. The zero-order valence-corrected chi connectivity index (χ0v) is 11.6. The van der Waals surface area contributed by atoms with Crippen molar-refractivity contribution in [1.82, 2.24) is 0 Å². The predicted octanol–water partition coefficient (Wildman–Crippen LogP) is 3.93. The second kappa shape index (κ2) is 5.10. The minimum Gasteiger partial charge on any atom is -0.413 e. The first kappa shape index (κ1) is 11.9. The molecule has 0 atom stereocenters. The lowest BCUT2D eigenvalue weighted by molar-refractivity contribution is 0.298. The first-order chi connectivity index (χ1) is 6.53. The summed E-state index contributed by atoms with van der Waals surface area (Å²) in [6.45, 7) is 7.38. The molecule has 0 saturated carbocycles. The minimum absolute atomic E-state index is 0.748. The maximum absolute atomic E-state index is 5.88. The van der Waals surface area contributed by atoms with Crippen molar-refractivity contribution in [3.63, 3.8) is 0 Å². The molecular formula is C11H17BrOSi. The van der Waals surface area contributed by atoms with Gasteiger partial charge in [0.2, 0.25) is 0 Å². The molecule has 0 heterocycles. The molecule has 0 aliphatic carbocycles. The van der Waals surface area contributed by atoms with Gasteiger partial charge in [0.25, 0.3) is 0 Å². The predicted molar refractivity (Wildman–Crippen MR) is 67.2 cm³/mol. The lowest BCUT2D eigenvalue weighted by atomic mass is 10.1. The number of alkyl halides is 1. The van der Waals surface area contributed by atoms with Crippen LogP contribution in [0.25, 0.3) is 0 Å². The van der Waals surface area contributed by atoms with Crippen molar-refractivity contribution < 1.29 is 4.43 Å². The number of rotatable bonds is 4. The average Bonchev–Trinajstić information content (AvgIpc) is 2.14. The van der Waals surface area contributed by atoms with E-state index in [9.17, 15) is 0 Å². The smallest absolute Gasteiger partial charge is 0.184 e. The van der Waals surface area contributed by atoms with Crippen LogP contribution in [-0.4, -0.2) is 8.32 Å². The van der Waals surface area contributed by atoms with Crippen LogP contribution in [0.2, 0.25) is 19.6 Å². The first-order valence-corrected chi connectivity index (χ1v) is 9.32. The van der Waals surface area contributed by atoms with E-state index in [1.807, 2.05) is 0 Å². The Hall–Kier alpha value is -0.123. The molecule has 0 aromatic heterocycles. The van der Waals surface area contributed by atoms with Gasteiger partial charge in [-0.3, -0.25) is 0 Å². The lowest BCUT2D eigenvalue weighted by Crippen LogP contribution is -2.25. The highest BCUT2D eigenvalue weighted by Crippen LogP contribution is 2.15. The molecule has 1 rings (SSSR count). The Kier molecular flexibility index (Phi) is 4.35. The standard InChI is InChI=1S/C11H17BrOSi/c1-14(2,3)13-9-11-7-5-4-6-10(11)8-12/h4-7H,8-9H2,1-3H3. The van der Waals surface area contributed by atoms with Gasteiger partial charge in [0.05, 0.1) is 6.61 Å². The monoisotopic (exact) mass is 272 g/mol. The van der Waals surface area contributed by atoms with Gasteiger partial charge in [-0.25, -0.2) is 0 Å². The molecular weight excluding hydrogens is 256 g/mol. The Balaban J connectivity index is 2.67. The van der Waals surface area contributed by atoms with Crippen molar-refractivity contribution in [2.45, 2.75) is 31.6 Å². The molecule has 1 aromatic carbocycles. The quantitative estimate of drug-likeness (QED) is 0.596. The molecule has 0 spiro atoms. The van der Waals surface area contributed by atoms with E-state index >= 15 is 0 Å². The van der Waals surface area contributed by atoms with Gasteiger partial charge in [0.1, 0.15) is 0 Å². The van der Waals surface area contributed by atoms with Crippen LogP contribution in [0, 0.1) is 0 Å². The van der Waals surface area contributed by atoms with Crippen molar-refractivity contribution in [3.05, 3.63) is 35.4 Å². The lowest BCUT2D eigenvalue weighted by Gasteiger charge is -2.18. The van der Waals surface area contributed by atoms with Gasteiger partial charge in [-0.15, -0.1) is 0 Å². The van der Waals surface area contributed by atoms with Crippen LogP contribution in [0.15, 0.2) is 24.3 Å². The molecule has 78 valence electrons. The Morgan fingerprint density at radius 3 is 2.21 bits per heavy atom. The van der Waals surface area contributed by atoms with Crippen LogP contribution in [-0.2, 0) is 16.4 Å². The molecule has 0 radical (unpaired) electrons. The highest BCUT2D eigenvalue weighted by Gasteiger charge is 2.14. The summed E-state index contributed by atoms with van der Waals surface area (Å²) in [5, 5.41) is 0.901. The average molecular weight is 273 g/mol. The van der Waals surface area contributed by atoms with Crippen molar-refractivity contribution in [3.8, 4) is 0 Å². The fourth-order valence-electron chi connectivity index (χ4n) is 1.12. The summed E-state index contributed by atoms with van der Waals surface area (Å²) >= 11 is 3.48. The summed E-state index contributed by atoms with van der Waals surface area (Å²) in [6, 6.07) is 8.40. The fraction of sp³-hybridized carbons (Fsp3) is 0.455. The molecule has 1 aromatic rings. The Bertz CT molecular complexity index is 294.